The predicted octanol–water partition coefficient (Wildman–Crippen LogP) is 0.0186. The number of pyridine rings is 1. The number of hydrogen-bond acceptors (Lipinski definition) is 4. The van der Waals surface area contributed by atoms with Gasteiger partial charge in [0.05, 0.1) is 13.2 Å². The summed E-state index contributed by atoms with van der Waals surface area (Å²) in [7, 11) is 1.61. The Morgan fingerprint density at radius 2 is 2.39 bits per heavy atom. The van der Waals surface area contributed by atoms with Gasteiger partial charge in [-0.25, -0.2) is 0 Å². The van der Waals surface area contributed by atoms with Crippen molar-refractivity contribution in [1.29, 1.82) is 0 Å². The van der Waals surface area contributed by atoms with Crippen LogP contribution in [0.15, 0.2) is 29.5 Å². The maximum Gasteiger partial charge on any atom is 0.256 e. The second kappa shape index (κ2) is 5.14. The van der Waals surface area contributed by atoms with Gasteiger partial charge in [0.15, 0.2) is 5.96 Å². The number of hydrogen-bond donors (Lipinski definition) is 2. The van der Waals surface area contributed by atoms with Crippen molar-refractivity contribution in [2.24, 2.45) is 4.99 Å². The third-order valence-corrected chi connectivity index (χ3v) is 2.86. The number of rotatable bonds is 4. The fraction of sp³-hybridized carbons (Fsp3) is 0.417. The van der Waals surface area contributed by atoms with Gasteiger partial charge >= 0.3 is 0 Å². The molecule has 0 radical (unpaired) electrons. The van der Waals surface area contributed by atoms with Gasteiger partial charge in [-0.3, -0.25) is 20.1 Å². The van der Waals surface area contributed by atoms with Gasteiger partial charge in [-0.05, 0) is 13.0 Å². The maximum absolute atomic E-state index is 12.0. The molecule has 6 heteroatoms. The summed E-state index contributed by atoms with van der Waals surface area (Å²) >= 11 is 0. The number of ether oxygens (including phenoxy) is 1. The zero-order valence-electron chi connectivity index (χ0n) is 10.4. The van der Waals surface area contributed by atoms with E-state index >= 15 is 0 Å². The molecular formula is C12H16N4O2. The minimum absolute atomic E-state index is 0.133. The normalized spacial score (nSPS) is 25.0. The summed E-state index contributed by atoms with van der Waals surface area (Å²) in [5, 5.41) is 5.80. The molecule has 18 heavy (non-hydrogen) atoms. The number of aliphatic imine (C=N–C) groups is 1. The number of nitrogens with zero attached hydrogens (tertiary/aromatic N) is 2. The van der Waals surface area contributed by atoms with Crippen molar-refractivity contribution in [3.8, 4) is 0 Å². The summed E-state index contributed by atoms with van der Waals surface area (Å²) in [6.07, 6.45) is 3.35. The Morgan fingerprint density at radius 3 is 3.06 bits per heavy atom. The van der Waals surface area contributed by atoms with Gasteiger partial charge in [-0.15, -0.1) is 0 Å². The van der Waals surface area contributed by atoms with E-state index in [2.05, 4.69) is 20.6 Å². The van der Waals surface area contributed by atoms with Gasteiger partial charge in [0.25, 0.3) is 5.91 Å². The van der Waals surface area contributed by atoms with E-state index in [1.807, 2.05) is 6.07 Å². The average Bonchev–Trinajstić information content (AvgIpc) is 2.68. The molecule has 96 valence electrons. The SMILES string of the molecule is COCCN=C1NC(=O)C(C)(c2cccnc2)N1. The first-order valence-corrected chi connectivity index (χ1v) is 5.70. The molecular weight excluding hydrogens is 232 g/mol. The molecule has 1 unspecified atom stereocenters. The lowest BCUT2D eigenvalue weighted by molar-refractivity contribution is -0.123. The summed E-state index contributed by atoms with van der Waals surface area (Å²) in [4.78, 5) is 20.3. The lowest BCUT2D eigenvalue weighted by Gasteiger charge is -2.20. The molecule has 1 aliphatic heterocycles. The Hall–Kier alpha value is -1.95. The number of carbonyl (C=O) groups is 1. The Balaban J connectivity index is 2.16. The molecule has 1 amide bonds. The number of amides is 1. The van der Waals surface area contributed by atoms with Crippen molar-refractivity contribution in [2.75, 3.05) is 20.3 Å². The molecule has 0 aromatic carbocycles. The Morgan fingerprint density at radius 1 is 1.56 bits per heavy atom. The van der Waals surface area contributed by atoms with Gasteiger partial charge < -0.3 is 10.1 Å². The first-order valence-electron chi connectivity index (χ1n) is 5.70. The van der Waals surface area contributed by atoms with Crippen LogP contribution in [0.4, 0.5) is 0 Å². The zero-order chi connectivity index (χ0) is 13.0. The van der Waals surface area contributed by atoms with Crippen LogP contribution in [0.2, 0.25) is 0 Å². The summed E-state index contributed by atoms with van der Waals surface area (Å²) in [6, 6.07) is 3.66. The molecule has 1 saturated heterocycles. The van der Waals surface area contributed by atoms with E-state index in [9.17, 15) is 4.79 Å². The van der Waals surface area contributed by atoms with Crippen LogP contribution < -0.4 is 10.6 Å². The lowest BCUT2D eigenvalue weighted by Crippen LogP contribution is -2.40. The van der Waals surface area contributed by atoms with E-state index in [0.29, 0.717) is 19.1 Å². The van der Waals surface area contributed by atoms with Crippen LogP contribution in [-0.4, -0.2) is 37.1 Å². The van der Waals surface area contributed by atoms with Crippen LogP contribution in [0, 0.1) is 0 Å². The highest BCUT2D eigenvalue weighted by Crippen LogP contribution is 2.22. The standard InChI is InChI=1S/C12H16N4O2/c1-12(9-4-3-5-13-8-9)10(17)15-11(16-12)14-6-7-18-2/h3-5,8H,6-7H2,1-2H3,(H2,14,15,16,17). The molecule has 2 N–H and O–H groups in total. The van der Waals surface area contributed by atoms with Crippen LogP contribution >= 0.6 is 0 Å². The fourth-order valence-electron chi connectivity index (χ4n) is 1.75. The topological polar surface area (TPSA) is 75.6 Å². The van der Waals surface area contributed by atoms with Gasteiger partial charge in [0.1, 0.15) is 5.54 Å². The van der Waals surface area contributed by atoms with Gasteiger partial charge in [0.2, 0.25) is 0 Å². The minimum Gasteiger partial charge on any atom is -0.383 e. The number of guanidine groups is 1. The van der Waals surface area contributed by atoms with E-state index in [4.69, 9.17) is 4.74 Å². The molecule has 1 atom stereocenters. The molecule has 0 spiro atoms. The monoisotopic (exact) mass is 248 g/mol. The van der Waals surface area contributed by atoms with E-state index < -0.39 is 5.54 Å². The average molecular weight is 248 g/mol. The molecule has 0 saturated carbocycles. The lowest BCUT2D eigenvalue weighted by atomic mass is 9.94. The third-order valence-electron chi connectivity index (χ3n) is 2.86. The van der Waals surface area contributed by atoms with E-state index in [-0.39, 0.29) is 5.91 Å². The molecule has 1 aliphatic rings. The van der Waals surface area contributed by atoms with E-state index in [0.717, 1.165) is 5.56 Å². The first-order chi connectivity index (χ1) is 8.66. The molecule has 6 nitrogen and oxygen atoms in total. The molecule has 1 aromatic rings. The predicted molar refractivity (Wildman–Crippen MR) is 67.0 cm³/mol. The molecule has 0 bridgehead atoms. The Kier molecular flexibility index (Phi) is 3.57. The first kappa shape index (κ1) is 12.5. The highest BCUT2D eigenvalue weighted by molar-refractivity contribution is 6.09. The highest BCUT2D eigenvalue weighted by Gasteiger charge is 2.42. The van der Waals surface area contributed by atoms with Crippen LogP contribution in [-0.2, 0) is 15.1 Å². The van der Waals surface area contributed by atoms with Crippen molar-refractivity contribution < 1.29 is 9.53 Å². The Bertz CT molecular complexity index is 460. The molecule has 2 heterocycles. The minimum atomic E-state index is -0.819. The third kappa shape index (κ3) is 2.33. The molecule has 1 aromatic heterocycles. The van der Waals surface area contributed by atoms with Crippen LogP contribution in [0.3, 0.4) is 0 Å². The second-order valence-corrected chi connectivity index (χ2v) is 4.17. The van der Waals surface area contributed by atoms with Crippen molar-refractivity contribution in [3.05, 3.63) is 30.1 Å². The molecule has 0 aliphatic carbocycles. The van der Waals surface area contributed by atoms with Crippen LogP contribution in [0.25, 0.3) is 0 Å². The largest absolute Gasteiger partial charge is 0.383 e. The van der Waals surface area contributed by atoms with Crippen LogP contribution in [0.5, 0.6) is 0 Å². The van der Waals surface area contributed by atoms with E-state index in [1.165, 1.54) is 0 Å². The Labute approximate surface area is 105 Å². The summed E-state index contributed by atoms with van der Waals surface area (Å²) in [5.41, 5.74) is -0.0142. The fourth-order valence-corrected chi connectivity index (χ4v) is 1.75. The van der Waals surface area contributed by atoms with Gasteiger partial charge in [0, 0.05) is 25.1 Å². The summed E-state index contributed by atoms with van der Waals surface area (Å²) in [6.45, 7) is 2.82. The summed E-state index contributed by atoms with van der Waals surface area (Å²) < 4.78 is 4.91. The quantitative estimate of drug-likeness (QED) is 0.736. The van der Waals surface area contributed by atoms with Crippen molar-refractivity contribution >= 4 is 11.9 Å². The smallest absolute Gasteiger partial charge is 0.256 e. The second-order valence-electron chi connectivity index (χ2n) is 4.17. The van der Waals surface area contributed by atoms with Crippen molar-refractivity contribution in [1.82, 2.24) is 15.6 Å². The zero-order valence-corrected chi connectivity index (χ0v) is 10.4. The summed E-state index contributed by atoms with van der Waals surface area (Å²) in [5.74, 6) is 0.343. The number of carbonyl (C=O) groups excluding carboxylic acids is 1. The van der Waals surface area contributed by atoms with Crippen molar-refractivity contribution in [3.63, 3.8) is 0 Å². The van der Waals surface area contributed by atoms with Crippen molar-refractivity contribution in [2.45, 2.75) is 12.5 Å². The van der Waals surface area contributed by atoms with Gasteiger partial charge in [-0.1, -0.05) is 6.07 Å². The number of methoxy groups -OCH3 is 1. The number of nitrogens with one attached hydrogen (secondary N) is 2. The highest BCUT2D eigenvalue weighted by atomic mass is 16.5. The molecule has 2 rings (SSSR count). The van der Waals surface area contributed by atoms with Crippen LogP contribution in [0.1, 0.15) is 12.5 Å². The van der Waals surface area contributed by atoms with Gasteiger partial charge in [-0.2, -0.15) is 0 Å². The number of aromatic nitrogens is 1. The maximum atomic E-state index is 12.0. The molecule has 1 fully saturated rings. The van der Waals surface area contributed by atoms with E-state index in [1.54, 1.807) is 32.5 Å².